The first kappa shape index (κ1) is 22.4. The zero-order chi connectivity index (χ0) is 22.2. The van der Waals surface area contributed by atoms with E-state index >= 15 is 0 Å². The molecular weight excluding hydrogens is 402 g/mol. The summed E-state index contributed by atoms with van der Waals surface area (Å²) >= 11 is 0. The van der Waals surface area contributed by atoms with Crippen molar-refractivity contribution in [3.8, 4) is 0 Å². The summed E-state index contributed by atoms with van der Waals surface area (Å²) in [5.74, 6) is 1.29. The maximum atomic E-state index is 12.5. The van der Waals surface area contributed by atoms with Gasteiger partial charge in [-0.15, -0.1) is 0 Å². The summed E-state index contributed by atoms with van der Waals surface area (Å²) in [6.07, 6.45) is 5.51. The molecule has 2 fully saturated rings. The molecule has 3 heterocycles. The Bertz CT molecular complexity index is 881. The first-order chi connectivity index (χ1) is 15.7. The van der Waals surface area contributed by atoms with Crippen molar-refractivity contribution < 1.29 is 9.21 Å². The third-order valence-electron chi connectivity index (χ3n) is 6.29. The molecule has 0 spiro atoms. The Balaban J connectivity index is 1.38. The van der Waals surface area contributed by atoms with Crippen molar-refractivity contribution in [2.24, 2.45) is 4.99 Å². The molecule has 1 aromatic carbocycles. The molecule has 2 aliphatic heterocycles. The molecular formula is C25H35N5O2. The van der Waals surface area contributed by atoms with E-state index in [-0.39, 0.29) is 5.91 Å². The molecule has 0 bridgehead atoms. The lowest BCUT2D eigenvalue weighted by atomic mass is 10.1. The molecule has 7 heteroatoms. The van der Waals surface area contributed by atoms with Crippen LogP contribution in [0.5, 0.6) is 0 Å². The van der Waals surface area contributed by atoms with Gasteiger partial charge in [0.1, 0.15) is 0 Å². The lowest BCUT2D eigenvalue weighted by Gasteiger charge is -2.36. The van der Waals surface area contributed by atoms with Crippen LogP contribution in [0.3, 0.4) is 0 Å². The molecule has 1 amide bonds. The first-order valence-corrected chi connectivity index (χ1v) is 11.9. The van der Waals surface area contributed by atoms with Crippen LogP contribution in [-0.4, -0.2) is 72.4 Å². The van der Waals surface area contributed by atoms with E-state index in [0.717, 1.165) is 32.1 Å². The number of rotatable bonds is 6. The van der Waals surface area contributed by atoms with Crippen LogP contribution in [0, 0.1) is 0 Å². The van der Waals surface area contributed by atoms with E-state index in [2.05, 4.69) is 46.3 Å². The van der Waals surface area contributed by atoms with Gasteiger partial charge in [0.25, 0.3) is 5.91 Å². The summed E-state index contributed by atoms with van der Waals surface area (Å²) in [7, 11) is 0. The van der Waals surface area contributed by atoms with Crippen LogP contribution >= 0.6 is 0 Å². The standard InChI is InChI=1S/C25H35N5O2/c1-2-26-25(30-16-14-29(15-17-30)24(31)23-11-8-18-32-23)27-19-21-9-4-5-10-22(21)20-28-12-6-3-7-13-28/h4-5,8-11,18H,2-3,6-7,12-17,19-20H2,1H3,(H,26,27). The fourth-order valence-electron chi connectivity index (χ4n) is 4.49. The van der Waals surface area contributed by atoms with Crippen LogP contribution in [0.15, 0.2) is 52.1 Å². The van der Waals surface area contributed by atoms with Crippen LogP contribution in [-0.2, 0) is 13.1 Å². The third kappa shape index (κ3) is 5.71. The molecule has 1 aromatic heterocycles. The fourth-order valence-corrected chi connectivity index (χ4v) is 4.49. The van der Waals surface area contributed by atoms with E-state index in [1.54, 1.807) is 18.4 Å². The van der Waals surface area contributed by atoms with Crippen LogP contribution in [0.25, 0.3) is 0 Å². The van der Waals surface area contributed by atoms with E-state index in [4.69, 9.17) is 9.41 Å². The largest absolute Gasteiger partial charge is 0.459 e. The fraction of sp³-hybridized carbons (Fsp3) is 0.520. The van der Waals surface area contributed by atoms with Crippen LogP contribution < -0.4 is 5.32 Å². The van der Waals surface area contributed by atoms with Crippen molar-refractivity contribution >= 4 is 11.9 Å². The van der Waals surface area contributed by atoms with E-state index < -0.39 is 0 Å². The Kier molecular flexibility index (Phi) is 7.82. The molecule has 0 radical (unpaired) electrons. The van der Waals surface area contributed by atoms with E-state index in [1.165, 1.54) is 43.5 Å². The number of furan rings is 1. The van der Waals surface area contributed by atoms with Crippen molar-refractivity contribution in [1.82, 2.24) is 20.0 Å². The zero-order valence-electron chi connectivity index (χ0n) is 19.1. The molecule has 1 N–H and O–H groups in total. The van der Waals surface area contributed by atoms with Gasteiger partial charge in [-0.25, -0.2) is 4.99 Å². The topological polar surface area (TPSA) is 64.3 Å². The normalized spacial score (nSPS) is 18.1. The van der Waals surface area contributed by atoms with E-state index in [0.29, 0.717) is 25.4 Å². The number of hydrogen-bond acceptors (Lipinski definition) is 4. The third-order valence-corrected chi connectivity index (χ3v) is 6.29. The van der Waals surface area contributed by atoms with Gasteiger partial charge in [0.15, 0.2) is 11.7 Å². The summed E-state index contributed by atoms with van der Waals surface area (Å²) in [5.41, 5.74) is 2.67. The van der Waals surface area contributed by atoms with Crippen molar-refractivity contribution in [3.63, 3.8) is 0 Å². The minimum atomic E-state index is -0.0387. The number of piperazine rings is 1. The predicted octanol–water partition coefficient (Wildman–Crippen LogP) is 3.19. The molecule has 7 nitrogen and oxygen atoms in total. The minimum absolute atomic E-state index is 0.0387. The molecule has 0 aliphatic carbocycles. The Labute approximate surface area is 191 Å². The number of guanidine groups is 1. The Morgan fingerprint density at radius 1 is 0.938 bits per heavy atom. The summed E-state index contributed by atoms with van der Waals surface area (Å²) in [5, 5.41) is 3.44. The molecule has 2 aromatic rings. The quantitative estimate of drug-likeness (QED) is 0.555. The van der Waals surface area contributed by atoms with Gasteiger partial charge in [0.2, 0.25) is 0 Å². The van der Waals surface area contributed by atoms with Crippen molar-refractivity contribution in [3.05, 3.63) is 59.5 Å². The lowest BCUT2D eigenvalue weighted by Crippen LogP contribution is -2.53. The van der Waals surface area contributed by atoms with Crippen molar-refractivity contribution in [2.75, 3.05) is 45.8 Å². The van der Waals surface area contributed by atoms with Gasteiger partial charge in [-0.3, -0.25) is 9.69 Å². The molecule has 32 heavy (non-hydrogen) atoms. The number of hydrogen-bond donors (Lipinski definition) is 1. The van der Waals surface area contributed by atoms with Gasteiger partial charge < -0.3 is 19.5 Å². The highest BCUT2D eigenvalue weighted by Crippen LogP contribution is 2.17. The van der Waals surface area contributed by atoms with Gasteiger partial charge >= 0.3 is 0 Å². The Morgan fingerprint density at radius 3 is 2.34 bits per heavy atom. The van der Waals surface area contributed by atoms with Crippen molar-refractivity contribution in [1.29, 1.82) is 0 Å². The smallest absolute Gasteiger partial charge is 0.289 e. The highest BCUT2D eigenvalue weighted by molar-refractivity contribution is 5.91. The summed E-state index contributed by atoms with van der Waals surface area (Å²) in [6.45, 7) is 9.82. The molecule has 172 valence electrons. The molecule has 0 atom stereocenters. The van der Waals surface area contributed by atoms with Crippen LogP contribution in [0.1, 0.15) is 47.9 Å². The number of benzene rings is 1. The van der Waals surface area contributed by atoms with Gasteiger partial charge in [-0.2, -0.15) is 0 Å². The summed E-state index contributed by atoms with van der Waals surface area (Å²) in [6, 6.07) is 12.2. The highest BCUT2D eigenvalue weighted by Gasteiger charge is 2.25. The number of likely N-dealkylation sites (tertiary alicyclic amines) is 1. The number of nitrogens with one attached hydrogen (secondary N) is 1. The Hall–Kier alpha value is -2.80. The first-order valence-electron chi connectivity index (χ1n) is 11.9. The number of carbonyl (C=O) groups is 1. The van der Waals surface area contributed by atoms with Crippen LogP contribution in [0.4, 0.5) is 0 Å². The molecule has 2 saturated heterocycles. The SMILES string of the molecule is CCNC(=NCc1ccccc1CN1CCCCC1)N1CCN(C(=O)c2ccco2)CC1. The summed E-state index contributed by atoms with van der Waals surface area (Å²) < 4.78 is 5.27. The monoisotopic (exact) mass is 437 g/mol. The van der Waals surface area contributed by atoms with Crippen LogP contribution in [0.2, 0.25) is 0 Å². The molecule has 2 aliphatic rings. The van der Waals surface area contributed by atoms with Crippen molar-refractivity contribution in [2.45, 2.75) is 39.3 Å². The molecule has 4 rings (SSSR count). The average Bonchev–Trinajstić information content (AvgIpc) is 3.38. The second-order valence-corrected chi connectivity index (χ2v) is 8.53. The molecule has 0 saturated carbocycles. The average molecular weight is 438 g/mol. The maximum Gasteiger partial charge on any atom is 0.289 e. The lowest BCUT2D eigenvalue weighted by molar-refractivity contribution is 0.0657. The van der Waals surface area contributed by atoms with Gasteiger partial charge in [0, 0.05) is 39.3 Å². The van der Waals surface area contributed by atoms with Gasteiger partial charge in [-0.05, 0) is 56.1 Å². The van der Waals surface area contributed by atoms with E-state index in [9.17, 15) is 4.79 Å². The van der Waals surface area contributed by atoms with Gasteiger partial charge in [0.05, 0.1) is 12.8 Å². The minimum Gasteiger partial charge on any atom is -0.459 e. The zero-order valence-corrected chi connectivity index (χ0v) is 19.1. The number of carbonyl (C=O) groups excluding carboxylic acids is 1. The highest BCUT2D eigenvalue weighted by atomic mass is 16.3. The van der Waals surface area contributed by atoms with E-state index in [1.807, 2.05) is 4.90 Å². The molecule has 0 unspecified atom stereocenters. The Morgan fingerprint density at radius 2 is 1.66 bits per heavy atom. The van der Waals surface area contributed by atoms with Gasteiger partial charge in [-0.1, -0.05) is 30.7 Å². The maximum absolute atomic E-state index is 12.5. The number of piperidine rings is 1. The second-order valence-electron chi connectivity index (χ2n) is 8.53. The number of aliphatic imine (C=N–C) groups is 1. The predicted molar refractivity (Wildman–Crippen MR) is 127 cm³/mol. The summed E-state index contributed by atoms with van der Waals surface area (Å²) in [4.78, 5) is 24.2. The number of amides is 1. The number of nitrogens with zero attached hydrogens (tertiary/aromatic N) is 4. The second kappa shape index (κ2) is 11.2.